The summed E-state index contributed by atoms with van der Waals surface area (Å²) in [6.07, 6.45) is -13.7. The van der Waals surface area contributed by atoms with E-state index in [1.807, 2.05) is 0 Å². The summed E-state index contributed by atoms with van der Waals surface area (Å²) >= 11 is 0. The molecule has 0 aliphatic carbocycles. The zero-order chi connectivity index (χ0) is 19.6. The van der Waals surface area contributed by atoms with E-state index >= 15 is 0 Å². The quantitative estimate of drug-likeness (QED) is 0.226. The van der Waals surface area contributed by atoms with Gasteiger partial charge in [-0.1, -0.05) is 0 Å². The SMILES string of the molecule is CC(=O)N[C@@H]1[C@H](O[C@@H]2[C@@H](O)[C@@H](O)O[C@H](CO)[C@H]2O)O[C@H](CO)[C@@H](O)[C@@H]1O. The average Bonchev–Trinajstić information content (AvgIpc) is 2.60. The first-order valence-electron chi connectivity index (χ1n) is 8.06. The molecule has 152 valence electrons. The summed E-state index contributed by atoms with van der Waals surface area (Å²) in [7, 11) is 0. The monoisotopic (exact) mass is 383 g/mol. The van der Waals surface area contributed by atoms with Crippen LogP contribution in [0.15, 0.2) is 0 Å². The fourth-order valence-corrected chi connectivity index (χ4v) is 2.97. The van der Waals surface area contributed by atoms with Gasteiger partial charge in [-0.15, -0.1) is 0 Å². The van der Waals surface area contributed by atoms with Gasteiger partial charge in [-0.2, -0.15) is 0 Å². The third-order valence-electron chi connectivity index (χ3n) is 4.38. The van der Waals surface area contributed by atoms with Crippen molar-refractivity contribution in [2.24, 2.45) is 0 Å². The number of carbonyl (C=O) groups excluding carboxylic acids is 1. The molecule has 0 aromatic rings. The maximum atomic E-state index is 11.4. The van der Waals surface area contributed by atoms with Crippen LogP contribution in [-0.2, 0) is 19.0 Å². The molecule has 2 rings (SSSR count). The van der Waals surface area contributed by atoms with Crippen LogP contribution in [0.5, 0.6) is 0 Å². The van der Waals surface area contributed by atoms with E-state index in [2.05, 4.69) is 5.32 Å². The van der Waals surface area contributed by atoms with Crippen LogP contribution in [0.3, 0.4) is 0 Å². The number of aliphatic hydroxyl groups excluding tert-OH is 7. The topological polar surface area (TPSA) is 198 Å². The van der Waals surface area contributed by atoms with Gasteiger partial charge in [-0.25, -0.2) is 0 Å². The molecule has 0 aromatic heterocycles. The second-order valence-electron chi connectivity index (χ2n) is 6.26. The Labute approximate surface area is 148 Å². The standard InChI is InChI=1S/C14H25NO11/c1-4(18)15-7-10(21)8(19)5(2-16)25-14(7)26-12-9(20)6(3-17)24-13(23)11(12)22/h5-14,16-17,19-23H,2-3H2,1H3,(H,15,18)/t5-,6-,7+,8-,9-,10-,11-,12+,13+,14+/m1/s1. The molecule has 2 aliphatic rings. The number of ether oxygens (including phenoxy) is 3. The van der Waals surface area contributed by atoms with Gasteiger partial charge in [0.15, 0.2) is 12.6 Å². The summed E-state index contributed by atoms with van der Waals surface area (Å²) in [5.74, 6) is -0.581. The van der Waals surface area contributed by atoms with Crippen LogP contribution < -0.4 is 5.32 Å². The summed E-state index contributed by atoms with van der Waals surface area (Å²) in [6, 6.07) is -1.29. The second-order valence-corrected chi connectivity index (χ2v) is 6.26. The molecular formula is C14H25NO11. The Kier molecular flexibility index (Phi) is 7.27. The first-order valence-corrected chi connectivity index (χ1v) is 8.06. The van der Waals surface area contributed by atoms with Gasteiger partial charge in [-0.05, 0) is 0 Å². The average molecular weight is 383 g/mol. The fraction of sp³-hybridized carbons (Fsp3) is 0.929. The minimum absolute atomic E-state index is 0.581. The fourth-order valence-electron chi connectivity index (χ4n) is 2.97. The number of aliphatic hydroxyl groups is 7. The van der Waals surface area contributed by atoms with Gasteiger partial charge >= 0.3 is 0 Å². The number of hydrogen-bond donors (Lipinski definition) is 8. The molecule has 26 heavy (non-hydrogen) atoms. The van der Waals surface area contributed by atoms with Crippen LogP contribution in [0.4, 0.5) is 0 Å². The largest absolute Gasteiger partial charge is 0.394 e. The van der Waals surface area contributed by atoms with Crippen LogP contribution >= 0.6 is 0 Å². The smallest absolute Gasteiger partial charge is 0.217 e. The number of carbonyl (C=O) groups is 1. The lowest BCUT2D eigenvalue weighted by atomic mass is 9.95. The van der Waals surface area contributed by atoms with Crippen molar-refractivity contribution in [3.05, 3.63) is 0 Å². The third kappa shape index (κ3) is 4.31. The van der Waals surface area contributed by atoms with Crippen LogP contribution in [0, 0.1) is 0 Å². The maximum absolute atomic E-state index is 11.4. The van der Waals surface area contributed by atoms with E-state index in [1.165, 1.54) is 0 Å². The molecule has 12 nitrogen and oxygen atoms in total. The Morgan fingerprint density at radius 3 is 2.04 bits per heavy atom. The van der Waals surface area contributed by atoms with Gasteiger partial charge in [0, 0.05) is 6.92 Å². The minimum atomic E-state index is -1.77. The second kappa shape index (κ2) is 8.84. The molecule has 8 N–H and O–H groups in total. The predicted octanol–water partition coefficient (Wildman–Crippen LogP) is -5.25. The Bertz CT molecular complexity index is 480. The molecule has 2 heterocycles. The number of nitrogens with one attached hydrogen (secondary N) is 1. The van der Waals surface area contributed by atoms with E-state index in [0.29, 0.717) is 0 Å². The highest BCUT2D eigenvalue weighted by molar-refractivity contribution is 5.73. The van der Waals surface area contributed by atoms with Gasteiger partial charge in [0.1, 0.15) is 48.8 Å². The lowest BCUT2D eigenvalue weighted by molar-refractivity contribution is -0.341. The van der Waals surface area contributed by atoms with E-state index in [0.717, 1.165) is 6.92 Å². The minimum Gasteiger partial charge on any atom is -0.394 e. The molecule has 0 radical (unpaired) electrons. The van der Waals surface area contributed by atoms with Crippen molar-refractivity contribution in [1.29, 1.82) is 0 Å². The zero-order valence-corrected chi connectivity index (χ0v) is 14.0. The summed E-state index contributed by atoms with van der Waals surface area (Å²) in [5, 5.41) is 70.8. The highest BCUT2D eigenvalue weighted by Gasteiger charge is 2.50. The Morgan fingerprint density at radius 2 is 1.50 bits per heavy atom. The van der Waals surface area contributed by atoms with E-state index in [-0.39, 0.29) is 0 Å². The zero-order valence-electron chi connectivity index (χ0n) is 14.0. The molecule has 10 atom stereocenters. The van der Waals surface area contributed by atoms with Crippen molar-refractivity contribution in [1.82, 2.24) is 5.32 Å². The lowest BCUT2D eigenvalue weighted by Gasteiger charge is -2.46. The summed E-state index contributed by atoms with van der Waals surface area (Å²) in [6.45, 7) is -0.199. The van der Waals surface area contributed by atoms with Gasteiger partial charge in [0.25, 0.3) is 0 Å². The molecular weight excluding hydrogens is 358 g/mol. The van der Waals surface area contributed by atoms with Gasteiger partial charge < -0.3 is 55.3 Å². The molecule has 0 saturated carbocycles. The van der Waals surface area contributed by atoms with Crippen molar-refractivity contribution in [2.45, 2.75) is 68.3 Å². The summed E-state index contributed by atoms with van der Waals surface area (Å²) < 4.78 is 15.6. The maximum Gasteiger partial charge on any atom is 0.217 e. The Balaban J connectivity index is 2.22. The van der Waals surface area contributed by atoms with E-state index in [1.54, 1.807) is 0 Å². The molecule has 2 saturated heterocycles. The first-order chi connectivity index (χ1) is 12.2. The first kappa shape index (κ1) is 21.4. The lowest BCUT2D eigenvalue weighted by Crippen LogP contribution is -2.67. The molecule has 12 heteroatoms. The Morgan fingerprint density at radius 1 is 0.923 bits per heavy atom. The number of hydrogen-bond acceptors (Lipinski definition) is 11. The van der Waals surface area contributed by atoms with Crippen LogP contribution in [0.25, 0.3) is 0 Å². The summed E-state index contributed by atoms with van der Waals surface area (Å²) in [5.41, 5.74) is 0. The molecule has 0 aromatic carbocycles. The molecule has 0 bridgehead atoms. The van der Waals surface area contributed by atoms with E-state index in [4.69, 9.17) is 14.2 Å². The number of rotatable bonds is 5. The van der Waals surface area contributed by atoms with Crippen molar-refractivity contribution in [3.8, 4) is 0 Å². The highest BCUT2D eigenvalue weighted by Crippen LogP contribution is 2.28. The Hall–Kier alpha value is -0.930. The number of amides is 1. The predicted molar refractivity (Wildman–Crippen MR) is 80.2 cm³/mol. The van der Waals surface area contributed by atoms with Crippen LogP contribution in [0.2, 0.25) is 0 Å². The van der Waals surface area contributed by atoms with Crippen molar-refractivity contribution >= 4 is 5.91 Å². The highest BCUT2D eigenvalue weighted by atomic mass is 16.7. The third-order valence-corrected chi connectivity index (χ3v) is 4.38. The molecule has 0 unspecified atom stereocenters. The van der Waals surface area contributed by atoms with Crippen LogP contribution in [0.1, 0.15) is 6.92 Å². The molecule has 1 amide bonds. The molecule has 2 fully saturated rings. The van der Waals surface area contributed by atoms with Crippen molar-refractivity contribution in [3.63, 3.8) is 0 Å². The van der Waals surface area contributed by atoms with Gasteiger partial charge in [-0.3, -0.25) is 4.79 Å². The molecule has 0 spiro atoms. The summed E-state index contributed by atoms with van der Waals surface area (Å²) in [4.78, 5) is 11.4. The van der Waals surface area contributed by atoms with E-state index < -0.39 is 80.5 Å². The van der Waals surface area contributed by atoms with Crippen LogP contribution in [-0.4, -0.2) is 116 Å². The molecule has 2 aliphatic heterocycles. The normalized spacial score (nSPS) is 46.8. The van der Waals surface area contributed by atoms with Gasteiger partial charge in [0.2, 0.25) is 5.91 Å². The van der Waals surface area contributed by atoms with Crippen molar-refractivity contribution < 1.29 is 54.8 Å². The van der Waals surface area contributed by atoms with Gasteiger partial charge in [0.05, 0.1) is 13.2 Å². The van der Waals surface area contributed by atoms with E-state index in [9.17, 15) is 40.5 Å². The van der Waals surface area contributed by atoms with Crippen molar-refractivity contribution in [2.75, 3.05) is 13.2 Å².